The van der Waals surface area contributed by atoms with E-state index in [1.165, 1.54) is 38.8 Å². The molecule has 0 spiro atoms. The van der Waals surface area contributed by atoms with E-state index in [0.29, 0.717) is 0 Å². The number of nitrogens with zero attached hydrogens (tertiary/aromatic N) is 1. The van der Waals surface area contributed by atoms with Gasteiger partial charge >= 0.3 is 0 Å². The summed E-state index contributed by atoms with van der Waals surface area (Å²) in [7, 11) is 2.31. The van der Waals surface area contributed by atoms with Gasteiger partial charge in [-0.3, -0.25) is 0 Å². The lowest BCUT2D eigenvalue weighted by molar-refractivity contribution is -0.867. The zero-order valence-corrected chi connectivity index (χ0v) is 8.27. The third-order valence-electron chi connectivity index (χ3n) is 2.58. The fraction of sp³-hybridized carbons (Fsp3) is 0.900. The molecule has 1 saturated heterocycles. The van der Waals surface area contributed by atoms with Crippen molar-refractivity contribution in [3.8, 4) is 0 Å². The van der Waals surface area contributed by atoms with Crippen molar-refractivity contribution in [1.82, 2.24) is 0 Å². The first-order valence-corrected chi connectivity index (χ1v) is 4.86. The van der Waals surface area contributed by atoms with Crippen LogP contribution in [0.15, 0.2) is 0 Å². The summed E-state index contributed by atoms with van der Waals surface area (Å²) < 4.78 is 0. The highest BCUT2D eigenvalue weighted by Gasteiger charge is 2.21. The third-order valence-corrected chi connectivity index (χ3v) is 2.58. The fourth-order valence-electron chi connectivity index (χ4n) is 1.89. The van der Waals surface area contributed by atoms with Crippen LogP contribution in [0.3, 0.4) is 0 Å². The summed E-state index contributed by atoms with van der Waals surface area (Å²) in [5, 5.41) is 6.25. The van der Waals surface area contributed by atoms with Crippen LogP contribution in [0.4, 0.5) is 0 Å². The predicted molar refractivity (Wildman–Crippen MR) is 49.2 cm³/mol. The Morgan fingerprint density at radius 3 is 2.58 bits per heavy atom. The molecule has 0 saturated carbocycles. The number of hydrogen-bond acceptors (Lipinski definition) is 1. The molecule has 0 bridgehead atoms. The van der Waals surface area contributed by atoms with Crippen LogP contribution in [-0.2, 0) is 0 Å². The molecule has 12 heavy (non-hydrogen) atoms. The molecule has 0 aromatic rings. The summed E-state index contributed by atoms with van der Waals surface area (Å²) in [5.41, 5.74) is 0. The Morgan fingerprint density at radius 2 is 2.17 bits per heavy atom. The Bertz CT molecular complexity index is 120. The molecule has 2 heteroatoms. The van der Waals surface area contributed by atoms with Gasteiger partial charge in [-0.25, -0.2) is 0 Å². The maximum atomic E-state index is 6.25. The largest absolute Gasteiger partial charge is 0.512 e. The van der Waals surface area contributed by atoms with E-state index >= 15 is 0 Å². The fourth-order valence-corrected chi connectivity index (χ4v) is 1.89. The summed E-state index contributed by atoms with van der Waals surface area (Å²) >= 11 is 0. The highest BCUT2D eigenvalue weighted by Crippen LogP contribution is 2.12. The number of quaternary nitrogens is 1. The van der Waals surface area contributed by atoms with Crippen molar-refractivity contribution in [1.29, 1.82) is 5.26 Å². The second kappa shape index (κ2) is 7.12. The molecule has 2 atom stereocenters. The zero-order valence-electron chi connectivity index (χ0n) is 8.27. The number of nitrogens with one attached hydrogen (secondary N) is 1. The Labute approximate surface area is 76.2 Å². The van der Waals surface area contributed by atoms with Crippen LogP contribution in [-0.4, -0.2) is 20.1 Å². The molecule has 1 fully saturated rings. The minimum Gasteiger partial charge on any atom is -0.512 e. The maximum Gasteiger partial charge on any atom is 0.0799 e. The molecule has 1 N–H and O–H groups in total. The Hall–Kier alpha value is -0.550. The van der Waals surface area contributed by atoms with Gasteiger partial charge < -0.3 is 16.7 Å². The molecule has 2 nitrogen and oxygen atoms in total. The predicted octanol–water partition coefficient (Wildman–Crippen LogP) is 0.808. The van der Waals surface area contributed by atoms with Crippen molar-refractivity contribution in [2.75, 3.05) is 20.1 Å². The van der Waals surface area contributed by atoms with Gasteiger partial charge in [-0.05, 0) is 6.42 Å². The first-order valence-electron chi connectivity index (χ1n) is 4.86. The number of hydrogen-bond donors (Lipinski definition) is 1. The molecule has 2 unspecified atom stereocenters. The van der Waals surface area contributed by atoms with Crippen LogP contribution in [0.25, 0.3) is 0 Å². The SMILES string of the molecule is CCCCC1CC[NH+](C)C1.[C-]#N. The van der Waals surface area contributed by atoms with E-state index < -0.39 is 0 Å². The van der Waals surface area contributed by atoms with Crippen molar-refractivity contribution in [3.63, 3.8) is 0 Å². The van der Waals surface area contributed by atoms with E-state index in [9.17, 15) is 0 Å². The van der Waals surface area contributed by atoms with Crippen LogP contribution in [0.1, 0.15) is 32.6 Å². The van der Waals surface area contributed by atoms with Gasteiger partial charge in [0.25, 0.3) is 0 Å². The van der Waals surface area contributed by atoms with E-state index in [0.717, 1.165) is 5.92 Å². The molecule has 0 aromatic carbocycles. The van der Waals surface area contributed by atoms with Gasteiger partial charge in [0.1, 0.15) is 0 Å². The molecule has 0 amide bonds. The Kier molecular flexibility index (Phi) is 6.79. The molecular formula is C10H20N2. The third kappa shape index (κ3) is 4.35. The molecule has 0 radical (unpaired) electrons. The van der Waals surface area contributed by atoms with Gasteiger partial charge in [-0.1, -0.05) is 19.8 Å². The van der Waals surface area contributed by atoms with E-state index in [1.54, 1.807) is 4.90 Å². The molecule has 70 valence electrons. The molecule has 1 heterocycles. The lowest BCUT2D eigenvalue weighted by Crippen LogP contribution is -3.07. The minimum absolute atomic E-state index is 1.06. The highest BCUT2D eigenvalue weighted by molar-refractivity contribution is 4.61. The first kappa shape index (κ1) is 11.4. The van der Waals surface area contributed by atoms with Crippen molar-refractivity contribution < 1.29 is 4.90 Å². The highest BCUT2D eigenvalue weighted by atomic mass is 15.1. The minimum atomic E-state index is 1.06. The van der Waals surface area contributed by atoms with Crippen molar-refractivity contribution in [2.24, 2.45) is 5.92 Å². The van der Waals surface area contributed by atoms with Crippen LogP contribution in [0.2, 0.25) is 0 Å². The first-order chi connectivity index (χ1) is 5.83. The van der Waals surface area contributed by atoms with E-state index in [-0.39, 0.29) is 0 Å². The summed E-state index contributed by atoms with van der Waals surface area (Å²) in [4.78, 5) is 1.74. The molecular weight excluding hydrogens is 148 g/mol. The van der Waals surface area contributed by atoms with Crippen LogP contribution >= 0.6 is 0 Å². The lowest BCUT2D eigenvalue weighted by atomic mass is 10.0. The molecule has 1 rings (SSSR count). The maximum absolute atomic E-state index is 6.25. The summed E-state index contributed by atoms with van der Waals surface area (Å²) in [6.07, 6.45) is 5.77. The second-order valence-electron chi connectivity index (χ2n) is 3.71. The summed E-state index contributed by atoms with van der Waals surface area (Å²) in [6.45, 7) is 9.87. The van der Waals surface area contributed by atoms with Crippen molar-refractivity contribution in [3.05, 3.63) is 6.57 Å². The monoisotopic (exact) mass is 168 g/mol. The Balaban J connectivity index is 0.000000561. The van der Waals surface area contributed by atoms with Gasteiger partial charge in [-0.15, -0.1) is 0 Å². The Morgan fingerprint density at radius 1 is 1.50 bits per heavy atom. The van der Waals surface area contributed by atoms with Crippen molar-refractivity contribution >= 4 is 0 Å². The second-order valence-corrected chi connectivity index (χ2v) is 3.71. The van der Waals surface area contributed by atoms with E-state index in [1.807, 2.05) is 0 Å². The van der Waals surface area contributed by atoms with Crippen LogP contribution in [0, 0.1) is 17.8 Å². The van der Waals surface area contributed by atoms with Crippen LogP contribution < -0.4 is 4.90 Å². The van der Waals surface area contributed by atoms with Gasteiger partial charge in [0.15, 0.2) is 0 Å². The zero-order chi connectivity index (χ0) is 9.40. The molecule has 1 aliphatic heterocycles. The standard InChI is InChI=1S/C9H19N.CN/c1-3-4-5-9-6-7-10(2)8-9;1-2/h9H,3-8H2,1-2H3;/q;-1/p+1. The quantitative estimate of drug-likeness (QED) is 0.621. The van der Waals surface area contributed by atoms with Gasteiger partial charge in [0.05, 0.1) is 20.1 Å². The molecule has 0 aliphatic carbocycles. The number of unbranched alkanes of at least 4 members (excludes halogenated alkanes) is 1. The summed E-state index contributed by atoms with van der Waals surface area (Å²) in [6, 6.07) is 0. The summed E-state index contributed by atoms with van der Waals surface area (Å²) in [5.74, 6) is 1.06. The van der Waals surface area contributed by atoms with Crippen molar-refractivity contribution in [2.45, 2.75) is 32.6 Å². The van der Waals surface area contributed by atoms with E-state index in [4.69, 9.17) is 11.8 Å². The number of rotatable bonds is 3. The normalized spacial score (nSPS) is 27.7. The van der Waals surface area contributed by atoms with E-state index in [2.05, 4.69) is 14.0 Å². The van der Waals surface area contributed by atoms with Gasteiger partial charge in [0.2, 0.25) is 0 Å². The lowest BCUT2D eigenvalue weighted by Gasteiger charge is -2.05. The van der Waals surface area contributed by atoms with Crippen LogP contribution in [0.5, 0.6) is 0 Å². The van der Waals surface area contributed by atoms with Gasteiger partial charge in [0, 0.05) is 12.3 Å². The average molecular weight is 168 g/mol. The molecule has 1 aliphatic rings. The van der Waals surface area contributed by atoms with Gasteiger partial charge in [-0.2, -0.15) is 0 Å². The smallest absolute Gasteiger partial charge is 0.0799 e. The topological polar surface area (TPSA) is 28.2 Å². The molecule has 0 aromatic heterocycles. The number of likely N-dealkylation sites (tertiary alicyclic amines) is 1. The average Bonchev–Trinajstić information content (AvgIpc) is 2.51.